The van der Waals surface area contributed by atoms with Crippen LogP contribution in [0.3, 0.4) is 0 Å². The van der Waals surface area contributed by atoms with E-state index in [2.05, 4.69) is 24.8 Å². The normalized spacial score (nSPS) is 19.9. The Bertz CT molecular complexity index is 397. The second kappa shape index (κ2) is 6.23. The highest BCUT2D eigenvalue weighted by atomic mass is 32.2. The van der Waals surface area contributed by atoms with Gasteiger partial charge in [-0.05, 0) is 19.4 Å². The van der Waals surface area contributed by atoms with Crippen molar-refractivity contribution in [1.29, 1.82) is 0 Å². The van der Waals surface area contributed by atoms with Crippen LogP contribution in [0.1, 0.15) is 20.3 Å². The molecule has 3 nitrogen and oxygen atoms in total. The summed E-state index contributed by atoms with van der Waals surface area (Å²) in [6, 6.07) is 6.62. The fraction of sp³-hybridized carbons (Fsp3) is 0.571. The third-order valence-corrected chi connectivity index (χ3v) is 4.28. The second-order valence-electron chi connectivity index (χ2n) is 4.73. The summed E-state index contributed by atoms with van der Waals surface area (Å²) >= 11 is 2.02. The Balaban J connectivity index is 2.18. The Morgan fingerprint density at radius 1 is 1.44 bits per heavy atom. The van der Waals surface area contributed by atoms with Crippen LogP contribution in [-0.4, -0.2) is 30.7 Å². The number of nitrogen functional groups attached to an aromatic ring is 1. The molecule has 4 heteroatoms. The predicted octanol–water partition coefficient (Wildman–Crippen LogP) is 3.00. The topological polar surface area (TPSA) is 38.5 Å². The van der Waals surface area contributed by atoms with Gasteiger partial charge in [0.25, 0.3) is 0 Å². The van der Waals surface area contributed by atoms with Gasteiger partial charge >= 0.3 is 0 Å². The maximum absolute atomic E-state index is 5.97. The molecule has 1 atom stereocenters. The number of rotatable bonds is 4. The average molecular weight is 266 g/mol. The van der Waals surface area contributed by atoms with Crippen molar-refractivity contribution in [3.05, 3.63) is 18.2 Å². The third-order valence-electron chi connectivity index (χ3n) is 3.09. The van der Waals surface area contributed by atoms with E-state index in [0.29, 0.717) is 6.04 Å². The highest BCUT2D eigenvalue weighted by Crippen LogP contribution is 2.29. The van der Waals surface area contributed by atoms with Gasteiger partial charge in [0.2, 0.25) is 0 Å². The van der Waals surface area contributed by atoms with Crippen LogP contribution in [0, 0.1) is 0 Å². The predicted molar refractivity (Wildman–Crippen MR) is 80.8 cm³/mol. The average Bonchev–Trinajstić information content (AvgIpc) is 2.36. The summed E-state index contributed by atoms with van der Waals surface area (Å²) < 4.78 is 5.69. The molecule has 1 aliphatic heterocycles. The minimum Gasteiger partial charge on any atom is -0.493 e. The monoisotopic (exact) mass is 266 g/mol. The molecule has 1 aliphatic rings. The Morgan fingerprint density at radius 2 is 2.28 bits per heavy atom. The molecule has 0 amide bonds. The maximum atomic E-state index is 5.97. The Morgan fingerprint density at radius 3 is 3.00 bits per heavy atom. The quantitative estimate of drug-likeness (QED) is 0.850. The van der Waals surface area contributed by atoms with Crippen molar-refractivity contribution in [2.75, 3.05) is 35.3 Å². The molecule has 1 heterocycles. The van der Waals surface area contributed by atoms with E-state index >= 15 is 0 Å². The van der Waals surface area contributed by atoms with Crippen molar-refractivity contribution >= 4 is 23.1 Å². The SMILES string of the molecule is CCCOc1cc(N)cc(N2CCSCC2C)c1. The van der Waals surface area contributed by atoms with Crippen LogP contribution in [-0.2, 0) is 0 Å². The molecular formula is C14H22N2OS. The van der Waals surface area contributed by atoms with Crippen molar-refractivity contribution in [2.45, 2.75) is 26.3 Å². The van der Waals surface area contributed by atoms with E-state index in [0.717, 1.165) is 31.0 Å². The highest BCUT2D eigenvalue weighted by Gasteiger charge is 2.19. The van der Waals surface area contributed by atoms with Gasteiger partial charge < -0.3 is 15.4 Å². The number of anilines is 2. The Labute approximate surface area is 114 Å². The third kappa shape index (κ3) is 3.25. The fourth-order valence-corrected chi connectivity index (χ4v) is 3.20. The van der Waals surface area contributed by atoms with Gasteiger partial charge in [-0.1, -0.05) is 6.92 Å². The summed E-state index contributed by atoms with van der Waals surface area (Å²) in [6.07, 6.45) is 1.01. The molecule has 1 aromatic carbocycles. The molecule has 0 radical (unpaired) electrons. The van der Waals surface area contributed by atoms with Gasteiger partial charge in [-0.25, -0.2) is 0 Å². The number of nitrogens with zero attached hydrogens (tertiary/aromatic N) is 1. The molecule has 1 saturated heterocycles. The van der Waals surface area contributed by atoms with Crippen LogP contribution in [0.4, 0.5) is 11.4 Å². The van der Waals surface area contributed by atoms with Crippen LogP contribution in [0.25, 0.3) is 0 Å². The minimum atomic E-state index is 0.560. The van der Waals surface area contributed by atoms with Gasteiger partial charge in [-0.3, -0.25) is 0 Å². The van der Waals surface area contributed by atoms with Gasteiger partial charge in [0.1, 0.15) is 5.75 Å². The maximum Gasteiger partial charge on any atom is 0.123 e. The lowest BCUT2D eigenvalue weighted by molar-refractivity contribution is 0.317. The smallest absolute Gasteiger partial charge is 0.123 e. The summed E-state index contributed by atoms with van der Waals surface area (Å²) in [5, 5.41) is 0. The van der Waals surface area contributed by atoms with Crippen LogP contribution in [0.5, 0.6) is 5.75 Å². The summed E-state index contributed by atoms with van der Waals surface area (Å²) in [7, 11) is 0. The fourth-order valence-electron chi connectivity index (χ4n) is 2.19. The van der Waals surface area contributed by atoms with Gasteiger partial charge in [0.15, 0.2) is 0 Å². The van der Waals surface area contributed by atoms with Crippen molar-refractivity contribution in [1.82, 2.24) is 0 Å². The first-order valence-corrected chi connectivity index (χ1v) is 7.74. The molecule has 0 bridgehead atoms. The van der Waals surface area contributed by atoms with Gasteiger partial charge in [-0.2, -0.15) is 11.8 Å². The number of nitrogens with two attached hydrogens (primary N) is 1. The van der Waals surface area contributed by atoms with Crippen LogP contribution >= 0.6 is 11.8 Å². The summed E-state index contributed by atoms with van der Waals surface area (Å²) in [4.78, 5) is 2.42. The molecule has 0 aliphatic carbocycles. The summed E-state index contributed by atoms with van der Waals surface area (Å²) in [6.45, 7) is 6.20. The van der Waals surface area contributed by atoms with Crippen molar-refractivity contribution in [3.63, 3.8) is 0 Å². The zero-order chi connectivity index (χ0) is 13.0. The van der Waals surface area contributed by atoms with Gasteiger partial charge in [0.05, 0.1) is 6.61 Å². The lowest BCUT2D eigenvalue weighted by atomic mass is 10.2. The molecule has 2 N–H and O–H groups in total. The van der Waals surface area contributed by atoms with Crippen molar-refractivity contribution in [3.8, 4) is 5.75 Å². The summed E-state index contributed by atoms with van der Waals surface area (Å²) in [5.41, 5.74) is 7.94. The van der Waals surface area contributed by atoms with E-state index in [1.165, 1.54) is 17.2 Å². The number of hydrogen-bond acceptors (Lipinski definition) is 4. The largest absolute Gasteiger partial charge is 0.493 e. The standard InChI is InChI=1S/C14H22N2OS/c1-3-5-17-14-8-12(15)7-13(9-14)16-4-6-18-10-11(16)2/h7-9,11H,3-6,10,15H2,1-2H3. The zero-order valence-electron chi connectivity index (χ0n) is 11.2. The number of benzene rings is 1. The summed E-state index contributed by atoms with van der Waals surface area (Å²) in [5.74, 6) is 3.25. The molecule has 2 rings (SSSR count). The number of ether oxygens (including phenoxy) is 1. The van der Waals surface area contributed by atoms with E-state index < -0.39 is 0 Å². The lowest BCUT2D eigenvalue weighted by Crippen LogP contribution is -2.40. The van der Waals surface area contributed by atoms with E-state index in [9.17, 15) is 0 Å². The van der Waals surface area contributed by atoms with Gasteiger partial charge in [0, 0.05) is 47.6 Å². The zero-order valence-corrected chi connectivity index (χ0v) is 12.0. The Hall–Kier alpha value is -1.03. The van der Waals surface area contributed by atoms with Gasteiger partial charge in [-0.15, -0.1) is 0 Å². The first-order valence-electron chi connectivity index (χ1n) is 6.58. The molecule has 1 fully saturated rings. The number of hydrogen-bond donors (Lipinski definition) is 1. The molecule has 1 unspecified atom stereocenters. The van der Waals surface area contributed by atoms with Crippen LogP contribution in [0.2, 0.25) is 0 Å². The molecule has 0 spiro atoms. The molecule has 18 heavy (non-hydrogen) atoms. The van der Waals surface area contributed by atoms with E-state index in [1.54, 1.807) is 0 Å². The Kier molecular flexibility index (Phi) is 4.64. The number of thioether (sulfide) groups is 1. The molecule has 1 aromatic rings. The van der Waals surface area contributed by atoms with E-state index in [4.69, 9.17) is 10.5 Å². The van der Waals surface area contributed by atoms with Crippen LogP contribution in [0.15, 0.2) is 18.2 Å². The van der Waals surface area contributed by atoms with E-state index in [1.807, 2.05) is 23.9 Å². The highest BCUT2D eigenvalue weighted by molar-refractivity contribution is 7.99. The minimum absolute atomic E-state index is 0.560. The van der Waals surface area contributed by atoms with Crippen LogP contribution < -0.4 is 15.4 Å². The van der Waals surface area contributed by atoms with Crippen molar-refractivity contribution < 1.29 is 4.74 Å². The van der Waals surface area contributed by atoms with E-state index in [-0.39, 0.29) is 0 Å². The first-order chi connectivity index (χ1) is 8.70. The van der Waals surface area contributed by atoms with Crippen molar-refractivity contribution in [2.24, 2.45) is 0 Å². The molecule has 0 aromatic heterocycles. The molecule has 0 saturated carbocycles. The second-order valence-corrected chi connectivity index (χ2v) is 5.88. The molecular weight excluding hydrogens is 244 g/mol. The lowest BCUT2D eigenvalue weighted by Gasteiger charge is -2.35. The molecule has 100 valence electrons. The first kappa shape index (κ1) is 13.4.